The number of hydrogen-bond acceptors (Lipinski definition) is 5. The average molecular weight is 811 g/mol. The fourth-order valence-corrected chi connectivity index (χ4v) is 6.15. The standard InChI is InChI=1S/C42H25N5O.Pt/c1-3-10-28(11-4-1)30-19-21-43-41(26-30)47-40-27-34(17-18-36(40)37-15-9-20-44-42(37)47)48-35-23-32(29-12-5-2-6-13-29)22-33(24-35)39-25-31-14-7-8-16-38(31)45-46-39;/h1-23,25-26H;/q-2;+2. The molecule has 49 heavy (non-hydrogen) atoms. The number of fused-ring (bicyclic) bond motifs is 4. The number of ether oxygens (including phenoxy) is 1. The fourth-order valence-electron chi connectivity index (χ4n) is 6.15. The van der Waals surface area contributed by atoms with Crippen LogP contribution in [0.15, 0.2) is 152 Å². The zero-order valence-corrected chi connectivity index (χ0v) is 28.2. The molecule has 0 radical (unpaired) electrons. The van der Waals surface area contributed by atoms with Crippen LogP contribution in [0, 0.1) is 12.1 Å². The molecule has 0 bridgehead atoms. The van der Waals surface area contributed by atoms with E-state index in [1.54, 1.807) is 6.20 Å². The number of nitrogens with zero attached hydrogens (tertiary/aromatic N) is 5. The van der Waals surface area contributed by atoms with E-state index in [4.69, 9.17) is 14.7 Å². The van der Waals surface area contributed by atoms with Crippen molar-refractivity contribution in [2.75, 3.05) is 0 Å². The summed E-state index contributed by atoms with van der Waals surface area (Å²) in [5.74, 6) is 1.84. The second-order valence-electron chi connectivity index (χ2n) is 11.5. The Hall–Kier alpha value is -5.97. The first-order valence-corrected chi connectivity index (χ1v) is 15.6. The Balaban J connectivity index is 0.00000348. The number of hydrogen-bond donors (Lipinski definition) is 0. The van der Waals surface area contributed by atoms with E-state index in [1.165, 1.54) is 0 Å². The van der Waals surface area contributed by atoms with E-state index in [9.17, 15) is 0 Å². The molecule has 234 valence electrons. The maximum Gasteiger partial charge on any atom is 2.00 e. The molecule has 7 heteroatoms. The molecular weight excluding hydrogens is 786 g/mol. The third-order valence-corrected chi connectivity index (χ3v) is 8.43. The zero-order chi connectivity index (χ0) is 31.9. The Kier molecular flexibility index (Phi) is 8.00. The Bertz CT molecular complexity index is 2600. The van der Waals surface area contributed by atoms with Gasteiger partial charge in [0.1, 0.15) is 11.5 Å². The summed E-state index contributed by atoms with van der Waals surface area (Å²) in [6.45, 7) is 0. The Morgan fingerprint density at radius 3 is 2.14 bits per heavy atom. The van der Waals surface area contributed by atoms with Gasteiger partial charge in [0.15, 0.2) is 0 Å². The van der Waals surface area contributed by atoms with E-state index in [1.807, 2.05) is 102 Å². The van der Waals surface area contributed by atoms with Crippen molar-refractivity contribution in [2.45, 2.75) is 0 Å². The van der Waals surface area contributed by atoms with Gasteiger partial charge in [-0.2, -0.15) is 11.2 Å². The third kappa shape index (κ3) is 5.77. The minimum absolute atomic E-state index is 0. The van der Waals surface area contributed by atoms with Crippen LogP contribution in [-0.4, -0.2) is 24.7 Å². The molecule has 0 aliphatic rings. The summed E-state index contributed by atoms with van der Waals surface area (Å²) in [6, 6.07) is 53.7. The molecule has 0 saturated heterocycles. The van der Waals surface area contributed by atoms with Gasteiger partial charge in [0.25, 0.3) is 0 Å². The molecule has 0 unspecified atom stereocenters. The van der Waals surface area contributed by atoms with Gasteiger partial charge >= 0.3 is 21.1 Å². The Morgan fingerprint density at radius 2 is 1.31 bits per heavy atom. The Labute approximate surface area is 297 Å². The van der Waals surface area contributed by atoms with Gasteiger partial charge in [-0.1, -0.05) is 114 Å². The molecule has 0 fully saturated rings. The van der Waals surface area contributed by atoms with Gasteiger partial charge in [0.05, 0.1) is 5.52 Å². The predicted molar refractivity (Wildman–Crippen MR) is 190 cm³/mol. The molecule has 0 aliphatic carbocycles. The SMILES string of the molecule is [Pt+2].[c-]1c(Oc2[c-]c3c(cc2)c2cccnc2n3-c2cc(-c3ccccc3)ccn2)cc(-c2ccccc2)cc1-c1cc2ccccc2nn1. The molecule has 0 saturated carbocycles. The molecule has 6 nitrogen and oxygen atoms in total. The van der Waals surface area contributed by atoms with Gasteiger partial charge in [-0.3, -0.25) is 0 Å². The van der Waals surface area contributed by atoms with Crippen LogP contribution in [0.2, 0.25) is 0 Å². The average Bonchev–Trinajstić information content (AvgIpc) is 3.49. The van der Waals surface area contributed by atoms with E-state index in [0.717, 1.165) is 66.5 Å². The topological polar surface area (TPSA) is 65.7 Å². The van der Waals surface area contributed by atoms with Crippen molar-refractivity contribution < 1.29 is 25.8 Å². The first-order chi connectivity index (χ1) is 23.8. The van der Waals surface area contributed by atoms with E-state index < -0.39 is 0 Å². The quantitative estimate of drug-likeness (QED) is 0.157. The molecule has 5 aromatic carbocycles. The summed E-state index contributed by atoms with van der Waals surface area (Å²) in [4.78, 5) is 9.54. The second-order valence-corrected chi connectivity index (χ2v) is 11.5. The monoisotopic (exact) mass is 810 g/mol. The largest absolute Gasteiger partial charge is 2.00 e. The van der Waals surface area contributed by atoms with Crippen LogP contribution >= 0.6 is 0 Å². The Morgan fingerprint density at radius 1 is 0.531 bits per heavy atom. The van der Waals surface area contributed by atoms with Crippen LogP contribution in [0.3, 0.4) is 0 Å². The summed E-state index contributed by atoms with van der Waals surface area (Å²) in [6.07, 6.45) is 3.64. The van der Waals surface area contributed by atoms with Gasteiger partial charge < -0.3 is 9.30 Å². The van der Waals surface area contributed by atoms with E-state index in [0.29, 0.717) is 17.2 Å². The van der Waals surface area contributed by atoms with Crippen molar-refractivity contribution in [2.24, 2.45) is 0 Å². The van der Waals surface area contributed by atoms with Crippen LogP contribution < -0.4 is 4.74 Å². The fraction of sp³-hybridized carbons (Fsp3) is 0. The van der Waals surface area contributed by atoms with Crippen molar-refractivity contribution in [3.05, 3.63) is 164 Å². The van der Waals surface area contributed by atoms with Gasteiger partial charge in [-0.15, -0.1) is 29.1 Å². The summed E-state index contributed by atoms with van der Waals surface area (Å²) in [5.41, 5.74) is 8.18. The molecular formula is C42H25N5OPt. The van der Waals surface area contributed by atoms with Crippen LogP contribution in [-0.2, 0) is 21.1 Å². The molecule has 4 aromatic heterocycles. The summed E-state index contributed by atoms with van der Waals surface area (Å²) in [5, 5.41) is 12.0. The molecule has 9 rings (SSSR count). The molecule has 0 spiro atoms. The van der Waals surface area contributed by atoms with Gasteiger partial charge in [0, 0.05) is 29.6 Å². The molecule has 0 amide bonds. The number of aromatic nitrogens is 5. The van der Waals surface area contributed by atoms with Crippen LogP contribution in [0.25, 0.3) is 72.2 Å². The maximum atomic E-state index is 6.56. The van der Waals surface area contributed by atoms with Crippen molar-refractivity contribution in [3.8, 4) is 50.8 Å². The first kappa shape index (κ1) is 30.4. The second kappa shape index (κ2) is 12.9. The number of pyridine rings is 2. The summed E-state index contributed by atoms with van der Waals surface area (Å²) in [7, 11) is 0. The van der Waals surface area contributed by atoms with Gasteiger partial charge in [0.2, 0.25) is 0 Å². The predicted octanol–water partition coefficient (Wildman–Crippen LogP) is 9.91. The molecule has 4 heterocycles. The first-order valence-electron chi connectivity index (χ1n) is 15.6. The number of rotatable bonds is 6. The molecule has 0 atom stereocenters. The minimum atomic E-state index is 0. The van der Waals surface area contributed by atoms with E-state index in [-0.39, 0.29) is 21.1 Å². The molecule has 0 N–H and O–H groups in total. The minimum Gasteiger partial charge on any atom is -0.503 e. The van der Waals surface area contributed by atoms with Crippen molar-refractivity contribution in [3.63, 3.8) is 0 Å². The normalized spacial score (nSPS) is 11.1. The van der Waals surface area contributed by atoms with Gasteiger partial charge in [-0.05, 0) is 51.7 Å². The molecule has 0 aliphatic heterocycles. The van der Waals surface area contributed by atoms with E-state index >= 15 is 0 Å². The van der Waals surface area contributed by atoms with E-state index in [2.05, 4.69) is 70.9 Å². The number of benzene rings is 5. The van der Waals surface area contributed by atoms with Crippen LogP contribution in [0.5, 0.6) is 11.5 Å². The van der Waals surface area contributed by atoms with Crippen LogP contribution in [0.1, 0.15) is 0 Å². The van der Waals surface area contributed by atoms with Crippen LogP contribution in [0.4, 0.5) is 0 Å². The third-order valence-electron chi connectivity index (χ3n) is 8.43. The smallest absolute Gasteiger partial charge is 0.503 e. The van der Waals surface area contributed by atoms with Crippen molar-refractivity contribution >= 4 is 32.8 Å². The van der Waals surface area contributed by atoms with Gasteiger partial charge in [-0.25, -0.2) is 15.1 Å². The zero-order valence-electron chi connectivity index (χ0n) is 25.9. The summed E-state index contributed by atoms with van der Waals surface area (Å²) >= 11 is 0. The maximum absolute atomic E-state index is 6.56. The summed E-state index contributed by atoms with van der Waals surface area (Å²) < 4.78 is 8.61. The van der Waals surface area contributed by atoms with Crippen molar-refractivity contribution in [1.29, 1.82) is 0 Å². The van der Waals surface area contributed by atoms with Crippen molar-refractivity contribution in [1.82, 2.24) is 24.7 Å². The molecule has 9 aromatic rings.